The van der Waals surface area contributed by atoms with Gasteiger partial charge in [-0.25, -0.2) is 18.1 Å². The number of thiazole rings is 1. The second-order valence-electron chi connectivity index (χ2n) is 5.19. The second kappa shape index (κ2) is 7.20. The molecule has 0 unspecified atom stereocenters. The van der Waals surface area contributed by atoms with Gasteiger partial charge in [0.05, 0.1) is 4.90 Å². The Bertz CT molecular complexity index is 783. The summed E-state index contributed by atoms with van der Waals surface area (Å²) in [6.45, 7) is 5.60. The molecule has 0 fully saturated rings. The number of nitrogens with one attached hydrogen (secondary N) is 2. The zero-order valence-corrected chi connectivity index (χ0v) is 14.8. The molecule has 1 aromatic carbocycles. The molecule has 0 radical (unpaired) electrons. The molecule has 0 aliphatic carbocycles. The molecule has 2 aromatic rings. The van der Waals surface area contributed by atoms with Crippen molar-refractivity contribution in [2.45, 2.75) is 38.1 Å². The van der Waals surface area contributed by atoms with Crippen molar-refractivity contribution in [3.63, 3.8) is 0 Å². The minimum atomic E-state index is -3.56. The molecule has 6 nitrogen and oxygen atoms in total. The molecule has 2 rings (SSSR count). The van der Waals surface area contributed by atoms with Crippen molar-refractivity contribution < 1.29 is 13.2 Å². The molecule has 23 heavy (non-hydrogen) atoms. The molecule has 1 atom stereocenters. The highest BCUT2D eigenvalue weighted by molar-refractivity contribution is 7.89. The van der Waals surface area contributed by atoms with Gasteiger partial charge in [-0.3, -0.25) is 10.1 Å². The van der Waals surface area contributed by atoms with E-state index in [1.165, 1.54) is 35.6 Å². The lowest BCUT2D eigenvalue weighted by Crippen LogP contribution is -2.32. The quantitative estimate of drug-likeness (QED) is 0.836. The van der Waals surface area contributed by atoms with Gasteiger partial charge < -0.3 is 0 Å². The molecule has 1 aromatic heterocycles. The summed E-state index contributed by atoms with van der Waals surface area (Å²) in [4.78, 5) is 17.3. The molecule has 8 heteroatoms. The van der Waals surface area contributed by atoms with E-state index in [9.17, 15) is 13.2 Å². The largest absolute Gasteiger partial charge is 0.298 e. The second-order valence-corrected chi connectivity index (χ2v) is 8.13. The predicted molar refractivity (Wildman–Crippen MR) is 91.3 cm³/mol. The number of hydrogen-bond donors (Lipinski definition) is 2. The van der Waals surface area contributed by atoms with E-state index in [0.717, 1.165) is 4.88 Å². The van der Waals surface area contributed by atoms with Gasteiger partial charge in [0.1, 0.15) is 0 Å². The van der Waals surface area contributed by atoms with Crippen LogP contribution in [-0.4, -0.2) is 25.4 Å². The fraction of sp³-hybridized carbons (Fsp3) is 0.333. The summed E-state index contributed by atoms with van der Waals surface area (Å²) >= 11 is 1.38. The van der Waals surface area contributed by atoms with E-state index < -0.39 is 10.0 Å². The Morgan fingerprint density at radius 1 is 1.30 bits per heavy atom. The number of carbonyl (C=O) groups is 1. The number of sulfonamides is 1. The van der Waals surface area contributed by atoms with E-state index in [-0.39, 0.29) is 16.8 Å². The zero-order valence-electron chi connectivity index (χ0n) is 13.2. The van der Waals surface area contributed by atoms with Crippen molar-refractivity contribution >= 4 is 32.4 Å². The maximum atomic E-state index is 12.2. The summed E-state index contributed by atoms with van der Waals surface area (Å²) in [7, 11) is -3.56. The lowest BCUT2D eigenvalue weighted by Gasteiger charge is -2.12. The molecule has 0 bridgehead atoms. The Kier molecular flexibility index (Phi) is 5.51. The summed E-state index contributed by atoms with van der Waals surface area (Å²) < 4.78 is 26.9. The van der Waals surface area contributed by atoms with Crippen molar-refractivity contribution in [2.24, 2.45) is 0 Å². The molecule has 0 aliphatic heterocycles. The molecular formula is C15H19N3O3S2. The molecule has 0 saturated heterocycles. The number of amides is 1. The first-order valence-corrected chi connectivity index (χ1v) is 9.48. The molecule has 1 amide bonds. The van der Waals surface area contributed by atoms with Crippen LogP contribution in [0.25, 0.3) is 0 Å². The zero-order chi connectivity index (χ0) is 17.0. The monoisotopic (exact) mass is 353 g/mol. The maximum absolute atomic E-state index is 12.2. The molecule has 0 saturated carbocycles. The number of aromatic nitrogens is 1. The van der Waals surface area contributed by atoms with E-state index in [2.05, 4.69) is 15.0 Å². The number of hydrogen-bond acceptors (Lipinski definition) is 5. The van der Waals surface area contributed by atoms with Gasteiger partial charge in [-0.2, -0.15) is 0 Å². The number of carbonyl (C=O) groups excluding carboxylic acids is 1. The smallest absolute Gasteiger partial charge is 0.257 e. The van der Waals surface area contributed by atoms with Gasteiger partial charge in [0.2, 0.25) is 10.0 Å². The van der Waals surface area contributed by atoms with Crippen molar-refractivity contribution in [1.29, 1.82) is 0 Å². The van der Waals surface area contributed by atoms with Gasteiger partial charge in [-0.05, 0) is 44.5 Å². The third-order valence-electron chi connectivity index (χ3n) is 3.24. The predicted octanol–water partition coefficient (Wildman–Crippen LogP) is 2.78. The molecule has 0 aliphatic rings. The molecular weight excluding hydrogens is 334 g/mol. The van der Waals surface area contributed by atoms with E-state index in [0.29, 0.717) is 17.1 Å². The SMILES string of the molecule is CC[C@H](C)NS(=O)(=O)c1ccc(C(=O)Nc2ncc(C)s2)cc1. The van der Waals surface area contributed by atoms with Crippen LogP contribution in [0.1, 0.15) is 35.5 Å². The number of anilines is 1. The van der Waals surface area contributed by atoms with Gasteiger partial charge in [0.25, 0.3) is 5.91 Å². The molecule has 0 spiro atoms. The van der Waals surface area contributed by atoms with Crippen molar-refractivity contribution in [1.82, 2.24) is 9.71 Å². The number of nitrogens with zero attached hydrogens (tertiary/aromatic N) is 1. The van der Waals surface area contributed by atoms with Crippen LogP contribution in [0.2, 0.25) is 0 Å². The highest BCUT2D eigenvalue weighted by atomic mass is 32.2. The Morgan fingerprint density at radius 2 is 1.96 bits per heavy atom. The van der Waals surface area contributed by atoms with Gasteiger partial charge in [0, 0.05) is 22.7 Å². The fourth-order valence-electron chi connectivity index (χ4n) is 1.78. The Balaban J connectivity index is 2.11. The number of aryl methyl sites for hydroxylation is 1. The lowest BCUT2D eigenvalue weighted by molar-refractivity contribution is 0.102. The van der Waals surface area contributed by atoms with Crippen LogP contribution in [0.3, 0.4) is 0 Å². The van der Waals surface area contributed by atoms with E-state index in [1.807, 2.05) is 13.8 Å². The minimum absolute atomic E-state index is 0.138. The average Bonchev–Trinajstić information content (AvgIpc) is 2.92. The Morgan fingerprint density at radius 3 is 2.48 bits per heavy atom. The Hall–Kier alpha value is -1.77. The first-order valence-electron chi connectivity index (χ1n) is 7.18. The van der Waals surface area contributed by atoms with Crippen LogP contribution in [0, 0.1) is 6.92 Å². The van der Waals surface area contributed by atoms with Crippen LogP contribution in [-0.2, 0) is 10.0 Å². The fourth-order valence-corrected chi connectivity index (χ4v) is 3.77. The average molecular weight is 353 g/mol. The van der Waals surface area contributed by atoms with Crippen LogP contribution < -0.4 is 10.0 Å². The van der Waals surface area contributed by atoms with Gasteiger partial charge >= 0.3 is 0 Å². The van der Waals surface area contributed by atoms with Crippen LogP contribution in [0.15, 0.2) is 35.4 Å². The highest BCUT2D eigenvalue weighted by Gasteiger charge is 2.17. The van der Waals surface area contributed by atoms with E-state index >= 15 is 0 Å². The van der Waals surface area contributed by atoms with E-state index in [4.69, 9.17) is 0 Å². The molecule has 2 N–H and O–H groups in total. The summed E-state index contributed by atoms with van der Waals surface area (Å²) in [6, 6.07) is 5.68. The number of benzene rings is 1. The van der Waals surface area contributed by atoms with Crippen LogP contribution in [0.4, 0.5) is 5.13 Å². The van der Waals surface area contributed by atoms with Crippen LogP contribution in [0.5, 0.6) is 0 Å². The molecule has 124 valence electrons. The summed E-state index contributed by atoms with van der Waals surface area (Å²) in [5.41, 5.74) is 0.375. The number of rotatable bonds is 6. The van der Waals surface area contributed by atoms with Gasteiger partial charge in [-0.15, -0.1) is 11.3 Å². The minimum Gasteiger partial charge on any atom is -0.298 e. The van der Waals surface area contributed by atoms with Gasteiger partial charge in [-0.1, -0.05) is 6.92 Å². The maximum Gasteiger partial charge on any atom is 0.257 e. The first kappa shape index (κ1) is 17.6. The summed E-state index contributed by atoms with van der Waals surface area (Å²) in [5.74, 6) is -0.321. The Labute approximate surface area is 140 Å². The van der Waals surface area contributed by atoms with Crippen LogP contribution >= 0.6 is 11.3 Å². The van der Waals surface area contributed by atoms with Crippen molar-refractivity contribution in [2.75, 3.05) is 5.32 Å². The first-order chi connectivity index (χ1) is 10.8. The standard InChI is InChI=1S/C15H19N3O3S2/c1-4-10(2)18-23(20,21)13-7-5-12(6-8-13)14(19)17-15-16-9-11(3)22-15/h5-10,18H,4H2,1-3H3,(H,16,17,19)/t10-/m0/s1. The normalized spacial score (nSPS) is 12.8. The lowest BCUT2D eigenvalue weighted by atomic mass is 10.2. The summed E-state index contributed by atoms with van der Waals surface area (Å²) in [5, 5.41) is 3.20. The third-order valence-corrected chi connectivity index (χ3v) is 5.67. The molecule has 1 heterocycles. The van der Waals surface area contributed by atoms with Crippen molar-refractivity contribution in [3.05, 3.63) is 40.9 Å². The highest BCUT2D eigenvalue weighted by Crippen LogP contribution is 2.18. The van der Waals surface area contributed by atoms with Gasteiger partial charge in [0.15, 0.2) is 5.13 Å². The third kappa shape index (κ3) is 4.60. The summed E-state index contributed by atoms with van der Waals surface area (Å²) in [6.07, 6.45) is 2.38. The topological polar surface area (TPSA) is 88.2 Å². The van der Waals surface area contributed by atoms with Crippen molar-refractivity contribution in [3.8, 4) is 0 Å². The van der Waals surface area contributed by atoms with E-state index in [1.54, 1.807) is 13.1 Å².